The van der Waals surface area contributed by atoms with Crippen LogP contribution in [0.15, 0.2) is 12.2 Å². The third-order valence-corrected chi connectivity index (χ3v) is 1.24. The molecule has 1 atom stereocenters. The van der Waals surface area contributed by atoms with E-state index < -0.39 is 6.10 Å². The Morgan fingerprint density at radius 1 is 1.55 bits per heavy atom. The van der Waals surface area contributed by atoms with Crippen LogP contribution in [0.2, 0.25) is 0 Å². The molecule has 3 N–H and O–H groups in total. The fraction of sp³-hybridized carbons (Fsp3) is 0.750. The van der Waals surface area contributed by atoms with Crippen LogP contribution in [-0.4, -0.2) is 36.0 Å². The predicted molar refractivity (Wildman–Crippen MR) is 45.4 cm³/mol. The first-order valence-corrected chi connectivity index (χ1v) is 3.97. The fourth-order valence-electron chi connectivity index (χ4n) is 0.690. The highest BCUT2D eigenvalue weighted by Gasteiger charge is 1.95. The molecule has 0 rings (SSSR count). The van der Waals surface area contributed by atoms with Crippen molar-refractivity contribution in [3.8, 4) is 0 Å². The second-order valence-corrected chi connectivity index (χ2v) is 2.33. The van der Waals surface area contributed by atoms with Crippen LogP contribution >= 0.6 is 0 Å². The average molecular weight is 159 g/mol. The number of allylic oxidation sites excluding steroid dienone is 1. The van der Waals surface area contributed by atoms with Gasteiger partial charge < -0.3 is 15.5 Å². The molecule has 3 nitrogen and oxygen atoms in total. The number of hydrogen-bond donors (Lipinski definition) is 3. The second kappa shape index (κ2) is 7.72. The Balaban J connectivity index is 3.21. The minimum atomic E-state index is -0.429. The van der Waals surface area contributed by atoms with Crippen LogP contribution in [0, 0.1) is 0 Å². The van der Waals surface area contributed by atoms with Crippen molar-refractivity contribution < 1.29 is 10.2 Å². The first-order valence-electron chi connectivity index (χ1n) is 3.97. The van der Waals surface area contributed by atoms with Crippen LogP contribution < -0.4 is 5.32 Å². The van der Waals surface area contributed by atoms with Gasteiger partial charge in [-0.2, -0.15) is 0 Å². The van der Waals surface area contributed by atoms with Crippen LogP contribution in [0.4, 0.5) is 0 Å². The van der Waals surface area contributed by atoms with E-state index >= 15 is 0 Å². The van der Waals surface area contributed by atoms with E-state index in [9.17, 15) is 5.11 Å². The van der Waals surface area contributed by atoms with Gasteiger partial charge in [0.15, 0.2) is 0 Å². The highest BCUT2D eigenvalue weighted by atomic mass is 16.3. The zero-order valence-corrected chi connectivity index (χ0v) is 6.95. The quantitative estimate of drug-likeness (QED) is 0.374. The minimum Gasteiger partial charge on any atom is -0.395 e. The van der Waals surface area contributed by atoms with Crippen molar-refractivity contribution in [2.75, 3.05) is 19.7 Å². The monoisotopic (exact) mass is 159 g/mol. The van der Waals surface area contributed by atoms with Gasteiger partial charge in [0, 0.05) is 13.1 Å². The van der Waals surface area contributed by atoms with Crippen molar-refractivity contribution in [1.82, 2.24) is 5.32 Å². The van der Waals surface area contributed by atoms with Crippen molar-refractivity contribution in [1.29, 1.82) is 0 Å². The Kier molecular flexibility index (Phi) is 7.46. The maximum absolute atomic E-state index is 9.18. The molecular formula is C8H17NO2. The van der Waals surface area contributed by atoms with E-state index in [4.69, 9.17) is 5.11 Å². The van der Waals surface area contributed by atoms with E-state index in [1.54, 1.807) is 6.08 Å². The molecule has 0 aromatic carbocycles. The maximum Gasteiger partial charge on any atom is 0.0845 e. The average Bonchev–Trinajstić information content (AvgIpc) is 2.01. The molecule has 66 valence electrons. The van der Waals surface area contributed by atoms with Crippen molar-refractivity contribution in [3.05, 3.63) is 12.2 Å². The molecule has 0 aliphatic carbocycles. The van der Waals surface area contributed by atoms with Gasteiger partial charge in [0.25, 0.3) is 0 Å². The fourth-order valence-corrected chi connectivity index (χ4v) is 0.690. The van der Waals surface area contributed by atoms with E-state index in [0.717, 1.165) is 6.42 Å². The molecule has 0 aliphatic heterocycles. The van der Waals surface area contributed by atoms with Gasteiger partial charge in [-0.15, -0.1) is 0 Å². The molecule has 0 heterocycles. The molecule has 0 saturated carbocycles. The molecule has 0 radical (unpaired) electrons. The molecule has 0 aromatic rings. The summed E-state index contributed by atoms with van der Waals surface area (Å²) in [7, 11) is 0. The lowest BCUT2D eigenvalue weighted by Gasteiger charge is -2.05. The third kappa shape index (κ3) is 7.52. The molecule has 0 aliphatic rings. The normalized spacial score (nSPS) is 14.1. The van der Waals surface area contributed by atoms with Gasteiger partial charge in [0.05, 0.1) is 12.7 Å². The third-order valence-electron chi connectivity index (χ3n) is 1.24. The van der Waals surface area contributed by atoms with Gasteiger partial charge in [-0.1, -0.05) is 19.1 Å². The van der Waals surface area contributed by atoms with Crippen LogP contribution in [-0.2, 0) is 0 Å². The number of aliphatic hydroxyl groups is 2. The van der Waals surface area contributed by atoms with Crippen molar-refractivity contribution in [3.63, 3.8) is 0 Å². The van der Waals surface area contributed by atoms with E-state index in [0.29, 0.717) is 13.1 Å². The summed E-state index contributed by atoms with van der Waals surface area (Å²) in [5.41, 5.74) is 0. The number of nitrogens with one attached hydrogen (secondary N) is 1. The van der Waals surface area contributed by atoms with Gasteiger partial charge in [-0.25, -0.2) is 0 Å². The summed E-state index contributed by atoms with van der Waals surface area (Å²) in [6.45, 7) is 3.18. The highest BCUT2D eigenvalue weighted by Crippen LogP contribution is 1.86. The smallest absolute Gasteiger partial charge is 0.0845 e. The standard InChI is InChI=1S/C8H17NO2/c1-2-3-4-8(11)7-9-5-6-10/h3-4,8-11H,2,5-7H2,1H3/b4-3+. The van der Waals surface area contributed by atoms with Crippen molar-refractivity contribution in [2.24, 2.45) is 0 Å². The minimum absolute atomic E-state index is 0.115. The largest absolute Gasteiger partial charge is 0.395 e. The summed E-state index contributed by atoms with van der Waals surface area (Å²) in [5.74, 6) is 0. The zero-order valence-electron chi connectivity index (χ0n) is 6.95. The van der Waals surface area contributed by atoms with Crippen molar-refractivity contribution in [2.45, 2.75) is 19.4 Å². The van der Waals surface area contributed by atoms with E-state index in [-0.39, 0.29) is 6.61 Å². The van der Waals surface area contributed by atoms with Crippen LogP contribution in [0.3, 0.4) is 0 Å². The van der Waals surface area contributed by atoms with Gasteiger partial charge >= 0.3 is 0 Å². The Labute approximate surface area is 67.7 Å². The van der Waals surface area contributed by atoms with Crippen LogP contribution in [0.25, 0.3) is 0 Å². The van der Waals surface area contributed by atoms with Gasteiger partial charge in [-0.3, -0.25) is 0 Å². The van der Waals surface area contributed by atoms with Gasteiger partial charge in [0.1, 0.15) is 0 Å². The highest BCUT2D eigenvalue weighted by molar-refractivity contribution is 4.88. The molecule has 0 fully saturated rings. The van der Waals surface area contributed by atoms with Crippen molar-refractivity contribution >= 4 is 0 Å². The first kappa shape index (κ1) is 10.6. The summed E-state index contributed by atoms with van der Waals surface area (Å²) in [6.07, 6.45) is 4.19. The summed E-state index contributed by atoms with van der Waals surface area (Å²) >= 11 is 0. The van der Waals surface area contributed by atoms with E-state index in [1.807, 2.05) is 13.0 Å². The molecule has 0 aromatic heterocycles. The Morgan fingerprint density at radius 2 is 2.27 bits per heavy atom. The number of aliphatic hydroxyl groups excluding tert-OH is 2. The predicted octanol–water partition coefficient (Wildman–Crippen LogP) is -0.105. The Morgan fingerprint density at radius 3 is 2.82 bits per heavy atom. The van der Waals surface area contributed by atoms with E-state index in [2.05, 4.69) is 5.32 Å². The van der Waals surface area contributed by atoms with Crippen LogP contribution in [0.5, 0.6) is 0 Å². The van der Waals surface area contributed by atoms with Gasteiger partial charge in [-0.05, 0) is 6.42 Å². The topological polar surface area (TPSA) is 52.5 Å². The number of hydrogen-bond acceptors (Lipinski definition) is 3. The molecule has 3 heteroatoms. The van der Waals surface area contributed by atoms with Crippen LogP contribution in [0.1, 0.15) is 13.3 Å². The molecule has 0 amide bonds. The first-order chi connectivity index (χ1) is 5.31. The Hall–Kier alpha value is -0.380. The number of rotatable bonds is 6. The summed E-state index contributed by atoms with van der Waals surface area (Å²) in [5, 5.41) is 20.5. The Bertz CT molecular complexity index is 104. The zero-order chi connectivity index (χ0) is 8.53. The summed E-state index contributed by atoms with van der Waals surface area (Å²) in [6, 6.07) is 0. The summed E-state index contributed by atoms with van der Waals surface area (Å²) in [4.78, 5) is 0. The lowest BCUT2D eigenvalue weighted by molar-refractivity contribution is 0.211. The molecule has 0 saturated heterocycles. The molecule has 11 heavy (non-hydrogen) atoms. The molecule has 0 bridgehead atoms. The van der Waals surface area contributed by atoms with E-state index in [1.165, 1.54) is 0 Å². The van der Waals surface area contributed by atoms with Gasteiger partial charge in [0.2, 0.25) is 0 Å². The summed E-state index contributed by atoms with van der Waals surface area (Å²) < 4.78 is 0. The second-order valence-electron chi connectivity index (χ2n) is 2.33. The lowest BCUT2D eigenvalue weighted by Crippen LogP contribution is -2.27. The lowest BCUT2D eigenvalue weighted by atomic mass is 10.3. The maximum atomic E-state index is 9.18. The SMILES string of the molecule is CC/C=C/C(O)CNCCO. The molecular weight excluding hydrogens is 142 g/mol. The molecule has 0 spiro atoms. The molecule has 1 unspecified atom stereocenters.